The molecule has 2 aromatic carbocycles. The Kier molecular flexibility index (Phi) is 5.27. The molecule has 4 heteroatoms. The molecule has 0 spiro atoms. The monoisotopic (exact) mass is 338 g/mol. The molecule has 25 heavy (non-hydrogen) atoms. The average Bonchev–Trinajstić information content (AvgIpc) is 2.61. The third kappa shape index (κ3) is 4.13. The molecule has 1 fully saturated rings. The van der Waals surface area contributed by atoms with Crippen LogP contribution in [0.2, 0.25) is 0 Å². The zero-order valence-electron chi connectivity index (χ0n) is 15.3. The highest BCUT2D eigenvalue weighted by Crippen LogP contribution is 2.21. The van der Waals surface area contributed by atoms with E-state index in [1.165, 1.54) is 16.8 Å². The molecule has 0 atom stereocenters. The van der Waals surface area contributed by atoms with Gasteiger partial charge in [0.05, 0.1) is 0 Å². The quantitative estimate of drug-likeness (QED) is 0.857. The molecule has 2 aromatic rings. The van der Waals surface area contributed by atoms with Crippen molar-refractivity contribution in [2.45, 2.75) is 20.8 Å². The van der Waals surface area contributed by atoms with Crippen molar-refractivity contribution < 1.29 is 9.53 Å². The Morgan fingerprint density at radius 2 is 1.68 bits per heavy atom. The first-order chi connectivity index (χ1) is 12.0. The molecule has 0 aromatic heterocycles. The lowest BCUT2D eigenvalue weighted by atomic mass is 10.1. The summed E-state index contributed by atoms with van der Waals surface area (Å²) < 4.78 is 5.73. The van der Waals surface area contributed by atoms with Gasteiger partial charge in [-0.3, -0.25) is 4.79 Å². The van der Waals surface area contributed by atoms with E-state index in [9.17, 15) is 4.79 Å². The third-order valence-corrected chi connectivity index (χ3v) is 4.77. The van der Waals surface area contributed by atoms with E-state index in [1.807, 2.05) is 24.0 Å². The van der Waals surface area contributed by atoms with Gasteiger partial charge in [0.1, 0.15) is 5.75 Å². The number of aryl methyl sites for hydroxylation is 3. The average molecular weight is 338 g/mol. The molecular formula is C21H26N2O2. The van der Waals surface area contributed by atoms with Crippen LogP contribution in [0, 0.1) is 20.8 Å². The Hall–Kier alpha value is -2.49. The number of rotatable bonds is 4. The van der Waals surface area contributed by atoms with Crippen molar-refractivity contribution in [2.24, 2.45) is 0 Å². The summed E-state index contributed by atoms with van der Waals surface area (Å²) in [6.45, 7) is 9.50. The van der Waals surface area contributed by atoms with E-state index < -0.39 is 0 Å². The maximum Gasteiger partial charge on any atom is 0.260 e. The number of piperazine rings is 1. The Balaban J connectivity index is 1.52. The third-order valence-electron chi connectivity index (χ3n) is 4.77. The minimum atomic E-state index is 0.0596. The van der Waals surface area contributed by atoms with Gasteiger partial charge in [-0.25, -0.2) is 0 Å². The molecule has 0 bridgehead atoms. The summed E-state index contributed by atoms with van der Waals surface area (Å²) in [4.78, 5) is 16.7. The van der Waals surface area contributed by atoms with Crippen LogP contribution >= 0.6 is 0 Å². The van der Waals surface area contributed by atoms with Crippen molar-refractivity contribution in [3.8, 4) is 5.75 Å². The standard InChI is InChI=1S/C21H26N2O2/c1-16-8-9-20(18(3)14-16)25-15-21(24)23-12-10-22(11-13-23)19-7-5-4-6-17(19)2/h4-9,14H,10-13,15H2,1-3H3. The second kappa shape index (κ2) is 7.60. The van der Waals surface area contributed by atoms with Crippen LogP contribution in [-0.2, 0) is 4.79 Å². The molecule has 0 aliphatic carbocycles. The van der Waals surface area contributed by atoms with Crippen LogP contribution in [-0.4, -0.2) is 43.6 Å². The lowest BCUT2D eigenvalue weighted by molar-refractivity contribution is -0.133. The zero-order chi connectivity index (χ0) is 17.8. The van der Waals surface area contributed by atoms with Gasteiger partial charge in [-0.05, 0) is 44.0 Å². The fourth-order valence-electron chi connectivity index (χ4n) is 3.31. The van der Waals surface area contributed by atoms with E-state index in [-0.39, 0.29) is 12.5 Å². The fraction of sp³-hybridized carbons (Fsp3) is 0.381. The summed E-state index contributed by atoms with van der Waals surface area (Å²) in [7, 11) is 0. The minimum absolute atomic E-state index is 0.0596. The number of amides is 1. The first-order valence-electron chi connectivity index (χ1n) is 8.83. The van der Waals surface area contributed by atoms with E-state index in [4.69, 9.17) is 4.74 Å². The van der Waals surface area contributed by atoms with Gasteiger partial charge < -0.3 is 14.5 Å². The minimum Gasteiger partial charge on any atom is -0.484 e. The summed E-state index contributed by atoms with van der Waals surface area (Å²) in [6.07, 6.45) is 0. The predicted molar refractivity (Wildman–Crippen MR) is 101 cm³/mol. The number of hydrogen-bond donors (Lipinski definition) is 0. The lowest BCUT2D eigenvalue weighted by Crippen LogP contribution is -2.50. The van der Waals surface area contributed by atoms with Gasteiger partial charge in [0, 0.05) is 31.9 Å². The molecule has 0 saturated carbocycles. The molecule has 1 amide bonds. The number of benzene rings is 2. The highest BCUT2D eigenvalue weighted by Gasteiger charge is 2.22. The van der Waals surface area contributed by atoms with Crippen LogP contribution < -0.4 is 9.64 Å². The maximum atomic E-state index is 12.4. The van der Waals surface area contributed by atoms with Crippen molar-refractivity contribution in [3.05, 3.63) is 59.2 Å². The van der Waals surface area contributed by atoms with E-state index in [2.05, 4.69) is 49.1 Å². The highest BCUT2D eigenvalue weighted by atomic mass is 16.5. The molecule has 4 nitrogen and oxygen atoms in total. The van der Waals surface area contributed by atoms with Crippen LogP contribution in [0.25, 0.3) is 0 Å². The second-order valence-electron chi connectivity index (χ2n) is 6.71. The molecular weight excluding hydrogens is 312 g/mol. The first-order valence-corrected chi connectivity index (χ1v) is 8.83. The van der Waals surface area contributed by atoms with E-state index >= 15 is 0 Å². The Morgan fingerprint density at radius 1 is 0.960 bits per heavy atom. The second-order valence-corrected chi connectivity index (χ2v) is 6.71. The smallest absolute Gasteiger partial charge is 0.260 e. The van der Waals surface area contributed by atoms with Crippen LogP contribution in [0.1, 0.15) is 16.7 Å². The van der Waals surface area contributed by atoms with Gasteiger partial charge in [0.25, 0.3) is 5.91 Å². The van der Waals surface area contributed by atoms with Crippen LogP contribution in [0.3, 0.4) is 0 Å². The van der Waals surface area contributed by atoms with Gasteiger partial charge in [0.2, 0.25) is 0 Å². The highest BCUT2D eigenvalue weighted by molar-refractivity contribution is 5.78. The van der Waals surface area contributed by atoms with Crippen molar-refractivity contribution >= 4 is 11.6 Å². The predicted octanol–water partition coefficient (Wildman–Crippen LogP) is 3.34. The largest absolute Gasteiger partial charge is 0.484 e. The number of carbonyl (C=O) groups is 1. The molecule has 1 aliphatic rings. The summed E-state index contributed by atoms with van der Waals surface area (Å²) in [5, 5.41) is 0. The molecule has 1 aliphatic heterocycles. The Bertz CT molecular complexity index is 749. The van der Waals surface area contributed by atoms with E-state index in [1.54, 1.807) is 0 Å². The molecule has 0 unspecified atom stereocenters. The number of carbonyl (C=O) groups excluding carboxylic acids is 1. The van der Waals surface area contributed by atoms with Crippen molar-refractivity contribution in [1.29, 1.82) is 0 Å². The van der Waals surface area contributed by atoms with Gasteiger partial charge in [0.15, 0.2) is 6.61 Å². The van der Waals surface area contributed by atoms with Gasteiger partial charge in [-0.1, -0.05) is 35.9 Å². The van der Waals surface area contributed by atoms with Crippen LogP contribution in [0.15, 0.2) is 42.5 Å². The number of ether oxygens (including phenoxy) is 1. The van der Waals surface area contributed by atoms with Crippen LogP contribution in [0.5, 0.6) is 5.75 Å². The van der Waals surface area contributed by atoms with Gasteiger partial charge in [-0.2, -0.15) is 0 Å². The maximum absolute atomic E-state index is 12.4. The van der Waals surface area contributed by atoms with Crippen molar-refractivity contribution in [1.82, 2.24) is 4.90 Å². The zero-order valence-corrected chi connectivity index (χ0v) is 15.3. The normalized spacial score (nSPS) is 14.5. The van der Waals surface area contributed by atoms with Crippen molar-refractivity contribution in [3.63, 3.8) is 0 Å². The topological polar surface area (TPSA) is 32.8 Å². The molecule has 1 heterocycles. The summed E-state index contributed by atoms with van der Waals surface area (Å²) >= 11 is 0. The number of para-hydroxylation sites is 1. The first kappa shape index (κ1) is 17.3. The number of anilines is 1. The van der Waals surface area contributed by atoms with Gasteiger partial charge in [-0.15, -0.1) is 0 Å². The van der Waals surface area contributed by atoms with Crippen molar-refractivity contribution in [2.75, 3.05) is 37.7 Å². The molecule has 3 rings (SSSR count). The van der Waals surface area contributed by atoms with Crippen LogP contribution in [0.4, 0.5) is 5.69 Å². The molecule has 0 radical (unpaired) electrons. The lowest BCUT2D eigenvalue weighted by Gasteiger charge is -2.36. The molecule has 0 N–H and O–H groups in total. The number of hydrogen-bond acceptors (Lipinski definition) is 3. The summed E-state index contributed by atoms with van der Waals surface area (Å²) in [5.74, 6) is 0.849. The number of nitrogens with zero attached hydrogens (tertiary/aromatic N) is 2. The van der Waals surface area contributed by atoms with Gasteiger partial charge >= 0.3 is 0 Å². The SMILES string of the molecule is Cc1ccc(OCC(=O)N2CCN(c3ccccc3C)CC2)c(C)c1. The fourth-order valence-corrected chi connectivity index (χ4v) is 3.31. The van der Waals surface area contributed by atoms with E-state index in [0.29, 0.717) is 0 Å². The Morgan fingerprint density at radius 3 is 2.36 bits per heavy atom. The summed E-state index contributed by atoms with van der Waals surface area (Å²) in [6, 6.07) is 14.4. The molecule has 1 saturated heterocycles. The summed E-state index contributed by atoms with van der Waals surface area (Å²) in [5.41, 5.74) is 4.81. The Labute approximate surface area is 150 Å². The van der Waals surface area contributed by atoms with E-state index in [0.717, 1.165) is 37.5 Å². The molecule has 132 valence electrons.